The molecular weight excluding hydrogens is 224 g/mol. The summed E-state index contributed by atoms with van der Waals surface area (Å²) in [6.45, 7) is 8.13. The van der Waals surface area contributed by atoms with Crippen LogP contribution in [0.4, 0.5) is 0 Å². The third-order valence-corrected chi connectivity index (χ3v) is 3.80. The molecule has 16 heavy (non-hydrogen) atoms. The van der Waals surface area contributed by atoms with Crippen LogP contribution < -0.4 is 0 Å². The molecule has 1 aliphatic heterocycles. The van der Waals surface area contributed by atoms with Crippen LogP contribution in [-0.4, -0.2) is 65.4 Å². The van der Waals surface area contributed by atoms with Crippen molar-refractivity contribution in [1.82, 2.24) is 9.80 Å². The second kappa shape index (κ2) is 6.47. The normalized spacial score (nSPS) is 20.2. The number of amides is 1. The largest absolute Gasteiger partial charge is 0.395 e. The smallest absolute Gasteiger partial charge is 0.235 e. The number of carbonyl (C=O) groups excluding carboxylic acids is 1. The molecule has 1 N–H and O–H groups in total. The molecule has 0 aromatic heterocycles. The van der Waals surface area contributed by atoms with Crippen LogP contribution in [0.15, 0.2) is 0 Å². The number of β-amino-alcohol motifs (C(OH)–C–C–N with tert-alkyl or cyclic N) is 1. The SMILES string of the molecule is CC(C)C(S)C(=O)N1CCN(CCO)CC1. The van der Waals surface area contributed by atoms with Gasteiger partial charge in [-0.15, -0.1) is 0 Å². The monoisotopic (exact) mass is 246 g/mol. The van der Waals surface area contributed by atoms with Gasteiger partial charge in [0, 0.05) is 32.7 Å². The lowest BCUT2D eigenvalue weighted by molar-refractivity contribution is -0.133. The number of rotatable bonds is 4. The number of hydrogen-bond donors (Lipinski definition) is 2. The van der Waals surface area contributed by atoms with Gasteiger partial charge in [0.2, 0.25) is 5.91 Å². The summed E-state index contributed by atoms with van der Waals surface area (Å²) in [5, 5.41) is 8.63. The van der Waals surface area contributed by atoms with E-state index < -0.39 is 0 Å². The Morgan fingerprint density at radius 2 is 1.88 bits per heavy atom. The Hall–Kier alpha value is -0.260. The molecule has 94 valence electrons. The number of piperazine rings is 1. The Balaban J connectivity index is 2.38. The van der Waals surface area contributed by atoms with Crippen molar-refractivity contribution in [2.75, 3.05) is 39.3 Å². The van der Waals surface area contributed by atoms with Gasteiger partial charge in [0.1, 0.15) is 0 Å². The van der Waals surface area contributed by atoms with Crippen LogP contribution in [0.25, 0.3) is 0 Å². The van der Waals surface area contributed by atoms with Gasteiger partial charge in [-0.3, -0.25) is 9.69 Å². The molecule has 0 radical (unpaired) electrons. The zero-order valence-electron chi connectivity index (χ0n) is 10.1. The van der Waals surface area contributed by atoms with Gasteiger partial charge in [0.25, 0.3) is 0 Å². The number of aliphatic hydroxyl groups is 1. The Kier molecular flexibility index (Phi) is 5.58. The van der Waals surface area contributed by atoms with Gasteiger partial charge in [-0.2, -0.15) is 12.6 Å². The molecular formula is C11H22N2O2S. The first-order chi connectivity index (χ1) is 7.56. The van der Waals surface area contributed by atoms with E-state index >= 15 is 0 Å². The van der Waals surface area contributed by atoms with Crippen molar-refractivity contribution in [2.24, 2.45) is 5.92 Å². The molecule has 1 fully saturated rings. The third kappa shape index (κ3) is 3.64. The first-order valence-electron chi connectivity index (χ1n) is 5.86. The lowest BCUT2D eigenvalue weighted by Gasteiger charge is -2.36. The van der Waals surface area contributed by atoms with E-state index in [9.17, 15) is 4.79 Å². The van der Waals surface area contributed by atoms with E-state index in [4.69, 9.17) is 5.11 Å². The molecule has 1 aliphatic rings. The molecule has 0 saturated carbocycles. The maximum absolute atomic E-state index is 12.0. The van der Waals surface area contributed by atoms with Gasteiger partial charge < -0.3 is 10.0 Å². The van der Waals surface area contributed by atoms with Crippen molar-refractivity contribution < 1.29 is 9.90 Å². The van der Waals surface area contributed by atoms with E-state index in [1.807, 2.05) is 18.7 Å². The summed E-state index contributed by atoms with van der Waals surface area (Å²) in [6.07, 6.45) is 0. The summed E-state index contributed by atoms with van der Waals surface area (Å²) in [5.41, 5.74) is 0. The molecule has 0 aliphatic carbocycles. The molecule has 4 nitrogen and oxygen atoms in total. The van der Waals surface area contributed by atoms with Crippen molar-refractivity contribution in [3.05, 3.63) is 0 Å². The summed E-state index contributed by atoms with van der Waals surface area (Å²) < 4.78 is 0. The lowest BCUT2D eigenvalue weighted by atomic mass is 10.1. The predicted molar refractivity (Wildman–Crippen MR) is 67.7 cm³/mol. The van der Waals surface area contributed by atoms with Crippen LogP contribution in [0.1, 0.15) is 13.8 Å². The lowest BCUT2D eigenvalue weighted by Crippen LogP contribution is -2.51. The molecule has 5 heteroatoms. The highest BCUT2D eigenvalue weighted by molar-refractivity contribution is 7.81. The van der Waals surface area contributed by atoms with Gasteiger partial charge in [0.15, 0.2) is 0 Å². The van der Waals surface area contributed by atoms with Gasteiger partial charge >= 0.3 is 0 Å². The summed E-state index contributed by atoms with van der Waals surface area (Å²) in [4.78, 5) is 16.0. The van der Waals surface area contributed by atoms with Crippen LogP contribution in [0.2, 0.25) is 0 Å². The van der Waals surface area contributed by atoms with Crippen molar-refractivity contribution in [2.45, 2.75) is 19.1 Å². The second-order valence-electron chi connectivity index (χ2n) is 4.58. The highest BCUT2D eigenvalue weighted by Gasteiger charge is 2.26. The van der Waals surface area contributed by atoms with Crippen molar-refractivity contribution >= 4 is 18.5 Å². The minimum Gasteiger partial charge on any atom is -0.395 e. The fourth-order valence-corrected chi connectivity index (χ4v) is 1.97. The summed E-state index contributed by atoms with van der Waals surface area (Å²) in [6, 6.07) is 0. The van der Waals surface area contributed by atoms with Gasteiger partial charge in [-0.05, 0) is 5.92 Å². The van der Waals surface area contributed by atoms with Crippen LogP contribution in [0.3, 0.4) is 0 Å². The van der Waals surface area contributed by atoms with Gasteiger partial charge in [-0.25, -0.2) is 0 Å². The zero-order valence-corrected chi connectivity index (χ0v) is 11.0. The number of hydrogen-bond acceptors (Lipinski definition) is 4. The molecule has 0 aromatic rings. The van der Waals surface area contributed by atoms with Gasteiger partial charge in [-0.1, -0.05) is 13.8 Å². The van der Waals surface area contributed by atoms with Crippen LogP contribution in [0.5, 0.6) is 0 Å². The Labute approximate surface area is 103 Å². The van der Waals surface area contributed by atoms with Crippen LogP contribution in [-0.2, 0) is 4.79 Å². The number of carbonyl (C=O) groups is 1. The quantitative estimate of drug-likeness (QED) is 0.690. The fraction of sp³-hybridized carbons (Fsp3) is 0.909. The first kappa shape index (κ1) is 13.8. The molecule has 0 bridgehead atoms. The zero-order chi connectivity index (χ0) is 12.1. The standard InChI is InChI=1S/C11H22N2O2S/c1-9(2)10(16)11(15)13-5-3-12(4-6-13)7-8-14/h9-10,14,16H,3-8H2,1-2H3. The Morgan fingerprint density at radius 3 is 2.31 bits per heavy atom. The molecule has 0 aromatic carbocycles. The highest BCUT2D eigenvalue weighted by atomic mass is 32.1. The molecule has 1 amide bonds. The van der Waals surface area contributed by atoms with E-state index in [1.54, 1.807) is 0 Å². The summed E-state index contributed by atoms with van der Waals surface area (Å²) in [5.74, 6) is 0.410. The minimum atomic E-state index is -0.190. The highest BCUT2D eigenvalue weighted by Crippen LogP contribution is 2.14. The van der Waals surface area contributed by atoms with Crippen molar-refractivity contribution in [3.8, 4) is 0 Å². The maximum Gasteiger partial charge on any atom is 0.235 e. The predicted octanol–water partition coefficient (Wildman–Crippen LogP) is 0.0773. The third-order valence-electron chi connectivity index (χ3n) is 2.98. The van der Waals surface area contributed by atoms with Crippen LogP contribution >= 0.6 is 12.6 Å². The number of nitrogens with zero attached hydrogens (tertiary/aromatic N) is 2. The van der Waals surface area contributed by atoms with Crippen molar-refractivity contribution in [3.63, 3.8) is 0 Å². The van der Waals surface area contributed by atoms with Crippen molar-refractivity contribution in [1.29, 1.82) is 0 Å². The molecule has 1 heterocycles. The number of aliphatic hydroxyl groups excluding tert-OH is 1. The van der Waals surface area contributed by atoms with E-state index in [0.29, 0.717) is 6.54 Å². The molecule has 1 unspecified atom stereocenters. The first-order valence-corrected chi connectivity index (χ1v) is 6.38. The molecule has 1 rings (SSSR count). The summed E-state index contributed by atoms with van der Waals surface area (Å²) in [7, 11) is 0. The van der Waals surface area contributed by atoms with Crippen LogP contribution in [0, 0.1) is 5.92 Å². The molecule has 1 saturated heterocycles. The average Bonchev–Trinajstić information content (AvgIpc) is 2.28. The van der Waals surface area contributed by atoms with E-state index in [0.717, 1.165) is 26.2 Å². The molecule has 1 atom stereocenters. The van der Waals surface area contributed by atoms with Gasteiger partial charge in [0.05, 0.1) is 11.9 Å². The minimum absolute atomic E-state index is 0.141. The van der Waals surface area contributed by atoms with E-state index in [1.165, 1.54) is 0 Å². The number of thiol groups is 1. The van der Waals surface area contributed by atoms with E-state index in [-0.39, 0.29) is 23.7 Å². The fourth-order valence-electron chi connectivity index (χ4n) is 1.81. The Bertz CT molecular complexity index is 228. The average molecular weight is 246 g/mol. The second-order valence-corrected chi connectivity index (χ2v) is 5.14. The Morgan fingerprint density at radius 1 is 1.31 bits per heavy atom. The maximum atomic E-state index is 12.0. The van der Waals surface area contributed by atoms with E-state index in [2.05, 4.69) is 17.5 Å². The molecule has 0 spiro atoms. The topological polar surface area (TPSA) is 43.8 Å². The summed E-state index contributed by atoms with van der Waals surface area (Å²) >= 11 is 4.35.